The van der Waals surface area contributed by atoms with Gasteiger partial charge in [0.2, 0.25) is 0 Å². The van der Waals surface area contributed by atoms with Crippen molar-refractivity contribution in [3.63, 3.8) is 0 Å². The maximum Gasteiger partial charge on any atom is 0.387 e. The second-order valence-electron chi connectivity index (χ2n) is 5.22. The summed E-state index contributed by atoms with van der Waals surface area (Å²) in [5.74, 6) is 0.759. The van der Waals surface area contributed by atoms with Gasteiger partial charge in [-0.15, -0.1) is 0 Å². The summed E-state index contributed by atoms with van der Waals surface area (Å²) in [4.78, 5) is 11.9. The molecular weight excluding hydrogens is 346 g/mol. The number of carbonyl (C=O) groups is 1. The maximum absolute atomic E-state index is 12.4. The van der Waals surface area contributed by atoms with Crippen LogP contribution in [-0.2, 0) is 6.42 Å². The smallest absolute Gasteiger partial charge is 0.387 e. The molecule has 2 amide bonds. The van der Waals surface area contributed by atoms with Gasteiger partial charge in [0.05, 0.1) is 14.2 Å². The fourth-order valence-electron chi connectivity index (χ4n) is 2.23. The summed E-state index contributed by atoms with van der Waals surface area (Å²) in [7, 11) is 2.93. The molecule has 2 N–H and O–H groups in total. The van der Waals surface area contributed by atoms with Gasteiger partial charge in [-0.3, -0.25) is 0 Å². The number of nitrogens with one attached hydrogen (secondary N) is 2. The van der Waals surface area contributed by atoms with Gasteiger partial charge in [0.1, 0.15) is 5.75 Å². The van der Waals surface area contributed by atoms with E-state index in [1.54, 1.807) is 7.11 Å². The van der Waals surface area contributed by atoms with Crippen LogP contribution < -0.4 is 24.8 Å². The standard InChI is InChI=1S/C18H20F2N2O4/c1-24-14-6-3-12(4-7-14)9-10-21-18(23)22-13-5-8-15(25-2)16(11-13)26-17(19)20/h3-8,11,17H,9-10H2,1-2H3,(H2,21,22,23). The number of hydrogen-bond acceptors (Lipinski definition) is 4. The number of halogens is 2. The van der Waals surface area contributed by atoms with Gasteiger partial charge in [-0.2, -0.15) is 8.78 Å². The predicted octanol–water partition coefficient (Wildman–Crippen LogP) is 3.67. The zero-order valence-corrected chi connectivity index (χ0v) is 14.4. The van der Waals surface area contributed by atoms with Crippen molar-refractivity contribution in [2.75, 3.05) is 26.1 Å². The summed E-state index contributed by atoms with van der Waals surface area (Å²) in [6.45, 7) is -2.58. The number of anilines is 1. The van der Waals surface area contributed by atoms with Crippen LogP contribution in [0.3, 0.4) is 0 Å². The first-order chi connectivity index (χ1) is 12.5. The molecule has 2 rings (SSSR count). The molecule has 0 aliphatic heterocycles. The Balaban J connectivity index is 1.86. The van der Waals surface area contributed by atoms with Crippen LogP contribution in [0.15, 0.2) is 42.5 Å². The lowest BCUT2D eigenvalue weighted by Gasteiger charge is -2.12. The van der Waals surface area contributed by atoms with Gasteiger partial charge in [-0.25, -0.2) is 4.79 Å². The Morgan fingerprint density at radius 1 is 1.04 bits per heavy atom. The fraction of sp³-hybridized carbons (Fsp3) is 0.278. The fourth-order valence-corrected chi connectivity index (χ4v) is 2.23. The minimum absolute atomic E-state index is 0.149. The minimum atomic E-state index is -2.99. The van der Waals surface area contributed by atoms with Crippen molar-refractivity contribution in [3.8, 4) is 17.2 Å². The molecule has 26 heavy (non-hydrogen) atoms. The van der Waals surface area contributed by atoms with Crippen LogP contribution in [0.2, 0.25) is 0 Å². The molecule has 0 saturated carbocycles. The average Bonchev–Trinajstić information content (AvgIpc) is 2.62. The molecule has 0 aliphatic carbocycles. The third-order valence-electron chi connectivity index (χ3n) is 3.50. The molecule has 0 radical (unpaired) electrons. The van der Waals surface area contributed by atoms with Crippen molar-refractivity contribution in [2.45, 2.75) is 13.0 Å². The van der Waals surface area contributed by atoms with Gasteiger partial charge in [0.15, 0.2) is 11.5 Å². The lowest BCUT2D eigenvalue weighted by Crippen LogP contribution is -2.30. The number of ether oxygens (including phenoxy) is 3. The highest BCUT2D eigenvalue weighted by atomic mass is 19.3. The van der Waals surface area contributed by atoms with E-state index in [1.807, 2.05) is 24.3 Å². The molecule has 0 heterocycles. The highest BCUT2D eigenvalue weighted by molar-refractivity contribution is 5.89. The second-order valence-corrected chi connectivity index (χ2v) is 5.22. The topological polar surface area (TPSA) is 68.8 Å². The van der Waals surface area contributed by atoms with E-state index < -0.39 is 12.6 Å². The van der Waals surface area contributed by atoms with E-state index in [-0.39, 0.29) is 11.5 Å². The lowest BCUT2D eigenvalue weighted by molar-refractivity contribution is -0.0511. The monoisotopic (exact) mass is 366 g/mol. The van der Waals surface area contributed by atoms with Crippen LogP contribution in [0.4, 0.5) is 19.3 Å². The number of amides is 2. The van der Waals surface area contributed by atoms with E-state index in [4.69, 9.17) is 9.47 Å². The predicted molar refractivity (Wildman–Crippen MR) is 93.3 cm³/mol. The number of urea groups is 1. The van der Waals surface area contributed by atoms with E-state index in [9.17, 15) is 13.6 Å². The molecule has 0 unspecified atom stereocenters. The highest BCUT2D eigenvalue weighted by Gasteiger charge is 2.12. The van der Waals surface area contributed by atoms with Crippen molar-refractivity contribution in [1.29, 1.82) is 0 Å². The third-order valence-corrected chi connectivity index (χ3v) is 3.50. The maximum atomic E-state index is 12.4. The summed E-state index contributed by atoms with van der Waals surface area (Å²) in [5.41, 5.74) is 1.35. The number of carbonyl (C=O) groups excluding carboxylic acids is 1. The Kier molecular flexibility index (Phi) is 7.02. The first kappa shape index (κ1) is 19.3. The number of rotatable bonds is 8. The minimum Gasteiger partial charge on any atom is -0.497 e. The second kappa shape index (κ2) is 9.45. The van der Waals surface area contributed by atoms with Crippen molar-refractivity contribution in [1.82, 2.24) is 5.32 Å². The van der Waals surface area contributed by atoms with Crippen molar-refractivity contribution < 1.29 is 27.8 Å². The quantitative estimate of drug-likeness (QED) is 0.748. The SMILES string of the molecule is COc1ccc(CCNC(=O)Nc2ccc(OC)c(OC(F)F)c2)cc1. The van der Waals surface area contributed by atoms with Gasteiger partial charge in [0, 0.05) is 18.3 Å². The Hall–Kier alpha value is -3.03. The van der Waals surface area contributed by atoms with Crippen LogP contribution in [0.1, 0.15) is 5.56 Å². The molecule has 0 aliphatic rings. The van der Waals surface area contributed by atoms with Crippen molar-refractivity contribution in [3.05, 3.63) is 48.0 Å². The summed E-state index contributed by atoms with van der Waals surface area (Å²) in [6, 6.07) is 11.3. The molecule has 0 bridgehead atoms. The number of alkyl halides is 2. The van der Waals surface area contributed by atoms with Crippen LogP contribution in [0.5, 0.6) is 17.2 Å². The molecule has 0 aromatic heterocycles. The van der Waals surface area contributed by atoms with Gasteiger partial charge >= 0.3 is 12.6 Å². The molecule has 2 aromatic carbocycles. The van der Waals surface area contributed by atoms with Gasteiger partial charge < -0.3 is 24.8 Å². The third kappa shape index (κ3) is 5.80. The van der Waals surface area contributed by atoms with Crippen LogP contribution in [0.25, 0.3) is 0 Å². The molecule has 140 valence electrons. The zero-order valence-electron chi connectivity index (χ0n) is 14.4. The molecular formula is C18H20F2N2O4. The summed E-state index contributed by atoms with van der Waals surface area (Å²) < 4.78 is 39.2. The van der Waals surface area contributed by atoms with Crippen LogP contribution in [-0.4, -0.2) is 33.4 Å². The Labute approximate surface area is 150 Å². The molecule has 0 saturated heterocycles. The number of benzene rings is 2. The lowest BCUT2D eigenvalue weighted by atomic mass is 10.1. The molecule has 0 atom stereocenters. The van der Waals surface area contributed by atoms with Gasteiger partial charge in [-0.1, -0.05) is 12.1 Å². The Morgan fingerprint density at radius 2 is 1.77 bits per heavy atom. The summed E-state index contributed by atoms with van der Waals surface area (Å²) >= 11 is 0. The van der Waals surface area contributed by atoms with E-state index >= 15 is 0 Å². The van der Waals surface area contributed by atoms with Crippen LogP contribution in [0, 0.1) is 0 Å². The Bertz CT molecular complexity index is 724. The van der Waals surface area contributed by atoms with Gasteiger partial charge in [-0.05, 0) is 36.2 Å². The first-order valence-electron chi connectivity index (χ1n) is 7.82. The number of methoxy groups -OCH3 is 2. The van der Waals surface area contributed by atoms with E-state index in [0.29, 0.717) is 18.7 Å². The molecule has 8 heteroatoms. The number of hydrogen-bond donors (Lipinski definition) is 2. The zero-order chi connectivity index (χ0) is 18.9. The van der Waals surface area contributed by atoms with Crippen LogP contribution >= 0.6 is 0 Å². The molecule has 0 fully saturated rings. The molecule has 6 nitrogen and oxygen atoms in total. The molecule has 0 spiro atoms. The van der Waals surface area contributed by atoms with E-state index in [0.717, 1.165) is 11.3 Å². The molecule has 2 aromatic rings. The van der Waals surface area contributed by atoms with Crippen molar-refractivity contribution >= 4 is 11.7 Å². The van der Waals surface area contributed by atoms with E-state index in [2.05, 4.69) is 15.4 Å². The first-order valence-corrected chi connectivity index (χ1v) is 7.82. The summed E-state index contributed by atoms with van der Waals surface area (Å²) in [5, 5.41) is 5.26. The summed E-state index contributed by atoms with van der Waals surface area (Å²) in [6.07, 6.45) is 0.639. The average molecular weight is 366 g/mol. The Morgan fingerprint density at radius 3 is 2.38 bits per heavy atom. The normalized spacial score (nSPS) is 10.3. The largest absolute Gasteiger partial charge is 0.497 e. The highest BCUT2D eigenvalue weighted by Crippen LogP contribution is 2.31. The van der Waals surface area contributed by atoms with Crippen molar-refractivity contribution in [2.24, 2.45) is 0 Å². The van der Waals surface area contributed by atoms with Gasteiger partial charge in [0.25, 0.3) is 0 Å². The van der Waals surface area contributed by atoms with E-state index in [1.165, 1.54) is 25.3 Å².